The number of hydrogen-bond donors (Lipinski definition) is 2. The minimum Gasteiger partial charge on any atom is -0.457 e. The molecular weight excluding hydrogens is 422 g/mol. The van der Waals surface area contributed by atoms with Gasteiger partial charge >= 0.3 is 5.97 Å². The van der Waals surface area contributed by atoms with E-state index in [4.69, 9.17) is 4.74 Å². The number of aromatic amines is 1. The molecule has 2 N–H and O–H groups in total. The minimum absolute atomic E-state index is 0.0277. The zero-order valence-corrected chi connectivity index (χ0v) is 18.3. The summed E-state index contributed by atoms with van der Waals surface area (Å²) in [6.45, 7) is 4.58. The molecule has 0 atom stereocenters. The van der Waals surface area contributed by atoms with Gasteiger partial charge in [-0.25, -0.2) is 8.42 Å². The molecule has 31 heavy (non-hydrogen) atoms. The van der Waals surface area contributed by atoms with Crippen LogP contribution in [-0.4, -0.2) is 49.9 Å². The lowest BCUT2D eigenvalue weighted by Crippen LogP contribution is -2.22. The first-order valence-electron chi connectivity index (χ1n) is 9.67. The second-order valence-electron chi connectivity index (χ2n) is 7.20. The van der Waals surface area contributed by atoms with Gasteiger partial charge < -0.3 is 9.72 Å². The number of nitrogens with zero attached hydrogens (tertiary/aromatic N) is 1. The molecule has 1 aliphatic rings. The Labute approximate surface area is 180 Å². The van der Waals surface area contributed by atoms with Gasteiger partial charge in [0.15, 0.2) is 12.4 Å². The number of ketones is 2. The maximum Gasteiger partial charge on any atom is 0.306 e. The van der Waals surface area contributed by atoms with Crippen molar-refractivity contribution in [2.45, 2.75) is 38.5 Å². The largest absolute Gasteiger partial charge is 0.457 e. The number of benzene rings is 1. The Kier molecular flexibility index (Phi) is 6.40. The fourth-order valence-corrected chi connectivity index (χ4v) is 4.76. The van der Waals surface area contributed by atoms with Crippen LogP contribution in [0, 0.1) is 13.8 Å². The molecule has 3 rings (SSSR count). The molecule has 1 aliphatic heterocycles. The van der Waals surface area contributed by atoms with E-state index in [9.17, 15) is 22.8 Å². The number of carbonyl (C=O) groups excluding carboxylic acids is 3. The average molecular weight is 445 g/mol. The number of aliphatic imine (C=N–C) groups is 1. The first-order chi connectivity index (χ1) is 14.6. The van der Waals surface area contributed by atoms with Crippen molar-refractivity contribution >= 4 is 33.4 Å². The topological polar surface area (TPSA) is 135 Å². The third-order valence-electron chi connectivity index (χ3n) is 4.90. The number of esters is 1. The van der Waals surface area contributed by atoms with Crippen LogP contribution >= 0.6 is 0 Å². The van der Waals surface area contributed by atoms with Gasteiger partial charge in [0.05, 0.1) is 10.6 Å². The Balaban J connectivity index is 1.50. The molecule has 9 nitrogen and oxygen atoms in total. The van der Waals surface area contributed by atoms with Crippen molar-refractivity contribution in [1.29, 1.82) is 0 Å². The van der Waals surface area contributed by atoms with Gasteiger partial charge in [-0.3, -0.25) is 24.1 Å². The molecule has 10 heteroatoms. The first-order valence-corrected chi connectivity index (χ1v) is 11.2. The predicted octanol–water partition coefficient (Wildman–Crippen LogP) is 2.08. The van der Waals surface area contributed by atoms with E-state index in [0.29, 0.717) is 28.8 Å². The van der Waals surface area contributed by atoms with E-state index in [-0.39, 0.29) is 35.2 Å². The van der Waals surface area contributed by atoms with Gasteiger partial charge in [0.2, 0.25) is 5.78 Å². The summed E-state index contributed by atoms with van der Waals surface area (Å²) in [7, 11) is -3.60. The summed E-state index contributed by atoms with van der Waals surface area (Å²) >= 11 is 0. The first kappa shape index (κ1) is 22.4. The number of sulfonamides is 1. The van der Waals surface area contributed by atoms with Crippen molar-refractivity contribution < 1.29 is 27.5 Å². The van der Waals surface area contributed by atoms with Gasteiger partial charge in [0, 0.05) is 29.8 Å². The molecule has 0 saturated carbocycles. The third kappa shape index (κ3) is 4.74. The SMILES string of the molecule is CC(=O)c1c(C)[nH]c(C(=O)COC(=O)CCCN=C2NS(=O)(=O)c3ccccc32)c1C. The summed E-state index contributed by atoms with van der Waals surface area (Å²) in [6, 6.07) is 6.52. The third-order valence-corrected chi connectivity index (χ3v) is 6.30. The molecular formula is C21H23N3O6S. The van der Waals surface area contributed by atoms with Crippen molar-refractivity contribution in [2.75, 3.05) is 13.2 Å². The van der Waals surface area contributed by atoms with Crippen LogP contribution in [0.15, 0.2) is 34.2 Å². The minimum atomic E-state index is -3.60. The zero-order valence-electron chi connectivity index (χ0n) is 17.4. The van der Waals surface area contributed by atoms with E-state index in [2.05, 4.69) is 14.7 Å². The van der Waals surface area contributed by atoms with Crippen molar-refractivity contribution in [2.24, 2.45) is 4.99 Å². The highest BCUT2D eigenvalue weighted by atomic mass is 32.2. The molecule has 0 amide bonds. The Morgan fingerprint density at radius 1 is 1.13 bits per heavy atom. The van der Waals surface area contributed by atoms with E-state index >= 15 is 0 Å². The molecule has 0 spiro atoms. The van der Waals surface area contributed by atoms with E-state index in [1.165, 1.54) is 13.0 Å². The van der Waals surface area contributed by atoms with Gasteiger partial charge in [-0.2, -0.15) is 0 Å². The fraction of sp³-hybridized carbons (Fsp3) is 0.333. The maximum absolute atomic E-state index is 12.3. The van der Waals surface area contributed by atoms with Crippen molar-refractivity contribution in [1.82, 2.24) is 9.71 Å². The van der Waals surface area contributed by atoms with E-state index < -0.39 is 28.4 Å². The van der Waals surface area contributed by atoms with Crippen LogP contribution in [0.5, 0.6) is 0 Å². The van der Waals surface area contributed by atoms with Gasteiger partial charge in [-0.05, 0) is 44.9 Å². The molecule has 164 valence electrons. The number of aromatic nitrogens is 1. The highest BCUT2D eigenvalue weighted by molar-refractivity contribution is 7.90. The number of H-pyrrole nitrogens is 1. The number of nitrogens with one attached hydrogen (secondary N) is 2. The zero-order chi connectivity index (χ0) is 22.8. The lowest BCUT2D eigenvalue weighted by Gasteiger charge is -2.04. The lowest BCUT2D eigenvalue weighted by atomic mass is 10.1. The molecule has 0 unspecified atom stereocenters. The molecule has 2 aromatic rings. The molecule has 0 fully saturated rings. The average Bonchev–Trinajstić information content (AvgIpc) is 3.16. The van der Waals surface area contributed by atoms with Crippen molar-refractivity contribution in [3.05, 3.63) is 52.3 Å². The molecule has 0 aliphatic carbocycles. The Morgan fingerprint density at radius 2 is 1.84 bits per heavy atom. The summed E-state index contributed by atoms with van der Waals surface area (Å²) in [5.74, 6) is -0.874. The van der Waals surface area contributed by atoms with Crippen LogP contribution in [0.3, 0.4) is 0 Å². The number of Topliss-reactive ketones (excluding diaryl/α,β-unsaturated/α-hetero) is 2. The summed E-state index contributed by atoms with van der Waals surface area (Å²) in [5, 5.41) is 0. The van der Waals surface area contributed by atoms with Gasteiger partial charge in [-0.15, -0.1) is 0 Å². The second kappa shape index (κ2) is 8.84. The number of ether oxygens (including phenoxy) is 1. The Hall–Kier alpha value is -3.27. The summed E-state index contributed by atoms with van der Waals surface area (Å²) in [5.41, 5.74) is 2.37. The lowest BCUT2D eigenvalue weighted by molar-refractivity contribution is -0.142. The van der Waals surface area contributed by atoms with Crippen LogP contribution in [0.1, 0.15) is 57.4 Å². The van der Waals surface area contributed by atoms with Crippen LogP contribution in [0.4, 0.5) is 0 Å². The van der Waals surface area contributed by atoms with Crippen LogP contribution < -0.4 is 4.72 Å². The molecule has 1 aromatic carbocycles. The monoisotopic (exact) mass is 445 g/mol. The van der Waals surface area contributed by atoms with Crippen LogP contribution in [0.25, 0.3) is 0 Å². The maximum atomic E-state index is 12.3. The molecule has 0 bridgehead atoms. The number of carbonyl (C=O) groups is 3. The van der Waals surface area contributed by atoms with Gasteiger partial charge in [0.1, 0.15) is 5.84 Å². The van der Waals surface area contributed by atoms with Gasteiger partial charge in [0.25, 0.3) is 10.0 Å². The van der Waals surface area contributed by atoms with Crippen molar-refractivity contribution in [3.63, 3.8) is 0 Å². The molecule has 0 saturated heterocycles. The number of rotatable bonds is 8. The van der Waals surface area contributed by atoms with E-state index in [1.54, 1.807) is 32.0 Å². The predicted molar refractivity (Wildman–Crippen MR) is 113 cm³/mol. The summed E-state index contributed by atoms with van der Waals surface area (Å²) in [4.78, 5) is 43.2. The number of amidine groups is 1. The molecule has 0 radical (unpaired) electrons. The fourth-order valence-electron chi connectivity index (χ4n) is 3.51. The van der Waals surface area contributed by atoms with Crippen LogP contribution in [-0.2, 0) is 19.6 Å². The highest BCUT2D eigenvalue weighted by Crippen LogP contribution is 2.22. The number of fused-ring (bicyclic) bond motifs is 1. The van der Waals surface area contributed by atoms with E-state index in [1.807, 2.05) is 0 Å². The normalized spacial score (nSPS) is 15.4. The van der Waals surface area contributed by atoms with Crippen LogP contribution in [0.2, 0.25) is 0 Å². The number of hydrogen-bond acceptors (Lipinski definition) is 7. The second-order valence-corrected chi connectivity index (χ2v) is 8.85. The summed E-state index contributed by atoms with van der Waals surface area (Å²) in [6.07, 6.45) is 0.357. The quantitative estimate of drug-likeness (QED) is 0.363. The Bertz CT molecular complexity index is 1190. The highest BCUT2D eigenvalue weighted by Gasteiger charge is 2.29. The van der Waals surface area contributed by atoms with E-state index in [0.717, 1.165) is 0 Å². The standard InChI is InChI=1S/C21H23N3O6S/c1-12-19(14(3)25)13(2)23-20(12)16(26)11-30-18(27)9-6-10-22-21-15-7-4-5-8-17(15)31(28,29)24-21/h4-5,7-8,23H,6,9-11H2,1-3H3,(H,22,24). The van der Waals surface area contributed by atoms with Gasteiger partial charge in [-0.1, -0.05) is 12.1 Å². The Morgan fingerprint density at radius 3 is 2.52 bits per heavy atom. The smallest absolute Gasteiger partial charge is 0.306 e. The summed E-state index contributed by atoms with van der Waals surface area (Å²) < 4.78 is 31.5. The van der Waals surface area contributed by atoms with Crippen molar-refractivity contribution in [3.8, 4) is 0 Å². The number of aryl methyl sites for hydroxylation is 1. The molecule has 2 heterocycles. The molecule has 1 aromatic heterocycles.